The van der Waals surface area contributed by atoms with Gasteiger partial charge in [-0.05, 0) is 46.3 Å². The minimum Gasteiger partial charge on any atom is -0.378 e. The van der Waals surface area contributed by atoms with E-state index in [4.69, 9.17) is 5.26 Å². The molecule has 0 aliphatic heterocycles. The van der Waals surface area contributed by atoms with E-state index in [0.29, 0.717) is 12.1 Å². The van der Waals surface area contributed by atoms with Crippen molar-refractivity contribution >= 4 is 21.6 Å². The van der Waals surface area contributed by atoms with Crippen LogP contribution in [-0.2, 0) is 6.54 Å². The predicted molar refractivity (Wildman–Crippen MR) is 68.2 cm³/mol. The number of halogens is 1. The Balaban J connectivity index is 2.08. The number of aromatic nitrogens is 2. The fourth-order valence-electron chi connectivity index (χ4n) is 1.34. The predicted octanol–water partition coefficient (Wildman–Crippen LogP) is 2.72. The third-order valence-electron chi connectivity index (χ3n) is 2.19. The highest BCUT2D eigenvalue weighted by molar-refractivity contribution is 9.10. The molecular formula is C12H9BrN4. The van der Waals surface area contributed by atoms with Gasteiger partial charge in [0.2, 0.25) is 0 Å². The highest BCUT2D eigenvalue weighted by atomic mass is 79.9. The first-order valence-corrected chi connectivity index (χ1v) is 5.79. The summed E-state index contributed by atoms with van der Waals surface area (Å²) < 4.78 is 0.862. The highest BCUT2D eigenvalue weighted by Gasteiger charge is 2.01. The van der Waals surface area contributed by atoms with Gasteiger partial charge in [0, 0.05) is 16.4 Å². The smallest absolute Gasteiger partial charge is 0.0992 e. The molecule has 0 unspecified atom stereocenters. The zero-order valence-electron chi connectivity index (χ0n) is 8.89. The molecule has 0 spiro atoms. The van der Waals surface area contributed by atoms with Crippen LogP contribution in [0.25, 0.3) is 0 Å². The Morgan fingerprint density at radius 2 is 2.24 bits per heavy atom. The molecule has 1 aromatic heterocycles. The van der Waals surface area contributed by atoms with Crippen LogP contribution in [0, 0.1) is 11.3 Å². The molecule has 0 bridgehead atoms. The van der Waals surface area contributed by atoms with Gasteiger partial charge in [-0.15, -0.1) is 0 Å². The molecule has 2 aromatic rings. The van der Waals surface area contributed by atoms with Gasteiger partial charge in [0.15, 0.2) is 0 Å². The lowest BCUT2D eigenvalue weighted by Crippen LogP contribution is -2.02. The largest absolute Gasteiger partial charge is 0.378 e. The lowest BCUT2D eigenvalue weighted by Gasteiger charge is -2.07. The maximum atomic E-state index is 8.75. The average molecular weight is 289 g/mol. The second kappa shape index (κ2) is 5.41. The lowest BCUT2D eigenvalue weighted by molar-refractivity contribution is 0.924. The van der Waals surface area contributed by atoms with Crippen molar-refractivity contribution < 1.29 is 0 Å². The van der Waals surface area contributed by atoms with Crippen molar-refractivity contribution in [2.75, 3.05) is 5.32 Å². The fourth-order valence-corrected chi connectivity index (χ4v) is 1.86. The Kier molecular flexibility index (Phi) is 3.68. The summed E-state index contributed by atoms with van der Waals surface area (Å²) in [6.07, 6.45) is 1.64. The van der Waals surface area contributed by atoms with E-state index in [-0.39, 0.29) is 0 Å². The van der Waals surface area contributed by atoms with Crippen LogP contribution in [0.2, 0.25) is 0 Å². The van der Waals surface area contributed by atoms with E-state index >= 15 is 0 Å². The van der Waals surface area contributed by atoms with Gasteiger partial charge in [-0.1, -0.05) is 0 Å². The van der Waals surface area contributed by atoms with Gasteiger partial charge in [-0.3, -0.25) is 0 Å². The Hall–Kier alpha value is -1.93. The quantitative estimate of drug-likeness (QED) is 0.943. The van der Waals surface area contributed by atoms with Gasteiger partial charge >= 0.3 is 0 Å². The van der Waals surface area contributed by atoms with Gasteiger partial charge in [0.25, 0.3) is 0 Å². The number of nitrogens with zero attached hydrogens (tertiary/aromatic N) is 3. The molecule has 4 nitrogen and oxygen atoms in total. The summed E-state index contributed by atoms with van der Waals surface area (Å²) in [5.41, 5.74) is 2.42. The van der Waals surface area contributed by atoms with Crippen molar-refractivity contribution in [2.45, 2.75) is 6.54 Å². The molecule has 2 rings (SSSR count). The summed E-state index contributed by atoms with van der Waals surface area (Å²) in [7, 11) is 0. The maximum absolute atomic E-state index is 8.75. The number of anilines is 1. The van der Waals surface area contributed by atoms with Crippen LogP contribution in [0.15, 0.2) is 41.0 Å². The molecule has 0 aliphatic carbocycles. The molecular weight excluding hydrogens is 280 g/mol. The molecule has 0 atom stereocenters. The van der Waals surface area contributed by atoms with Crippen LogP contribution in [0.4, 0.5) is 5.69 Å². The number of hydrogen-bond donors (Lipinski definition) is 1. The number of benzene rings is 1. The summed E-state index contributed by atoms with van der Waals surface area (Å²) in [5, 5.41) is 19.8. The molecule has 0 fully saturated rings. The molecule has 0 radical (unpaired) electrons. The van der Waals surface area contributed by atoms with Crippen molar-refractivity contribution in [1.82, 2.24) is 10.2 Å². The summed E-state index contributed by atoms with van der Waals surface area (Å²) in [6, 6.07) is 11.2. The minimum atomic E-state index is 0.596. The Morgan fingerprint density at radius 1 is 1.35 bits per heavy atom. The third-order valence-corrected chi connectivity index (χ3v) is 2.84. The van der Waals surface area contributed by atoms with Crippen molar-refractivity contribution in [2.24, 2.45) is 0 Å². The molecule has 1 heterocycles. The van der Waals surface area contributed by atoms with Crippen LogP contribution in [0.1, 0.15) is 11.3 Å². The van der Waals surface area contributed by atoms with Crippen molar-refractivity contribution in [3.63, 3.8) is 0 Å². The van der Waals surface area contributed by atoms with E-state index in [1.807, 2.05) is 18.2 Å². The second-order valence-electron chi connectivity index (χ2n) is 3.37. The number of nitriles is 1. The lowest BCUT2D eigenvalue weighted by atomic mass is 10.2. The Morgan fingerprint density at radius 3 is 2.88 bits per heavy atom. The van der Waals surface area contributed by atoms with Gasteiger partial charge < -0.3 is 5.32 Å². The molecule has 0 saturated heterocycles. The molecule has 5 heteroatoms. The molecule has 84 valence electrons. The summed E-state index contributed by atoms with van der Waals surface area (Å²) in [4.78, 5) is 0. The topological polar surface area (TPSA) is 61.6 Å². The normalized spacial score (nSPS) is 9.65. The summed E-state index contributed by atoms with van der Waals surface area (Å²) in [5.74, 6) is 0. The van der Waals surface area contributed by atoms with Crippen LogP contribution < -0.4 is 5.32 Å². The van der Waals surface area contributed by atoms with Crippen molar-refractivity contribution in [3.8, 4) is 6.07 Å². The van der Waals surface area contributed by atoms with E-state index in [9.17, 15) is 0 Å². The van der Waals surface area contributed by atoms with Crippen LogP contribution in [-0.4, -0.2) is 10.2 Å². The zero-order chi connectivity index (χ0) is 12.1. The molecule has 17 heavy (non-hydrogen) atoms. The van der Waals surface area contributed by atoms with Crippen LogP contribution >= 0.6 is 15.9 Å². The number of nitrogens with one attached hydrogen (secondary N) is 1. The standard InChI is InChI=1S/C12H9BrN4/c13-11-6-9(7-14)3-4-12(11)15-8-10-2-1-5-16-17-10/h1-6,15H,8H2. The average Bonchev–Trinajstić information content (AvgIpc) is 2.38. The van der Waals surface area contributed by atoms with E-state index < -0.39 is 0 Å². The van der Waals surface area contributed by atoms with Gasteiger partial charge in [0.1, 0.15) is 0 Å². The molecule has 1 aromatic carbocycles. The summed E-state index contributed by atoms with van der Waals surface area (Å²) >= 11 is 3.41. The van der Waals surface area contributed by atoms with E-state index in [2.05, 4.69) is 37.5 Å². The SMILES string of the molecule is N#Cc1ccc(NCc2cccnn2)c(Br)c1. The van der Waals surface area contributed by atoms with E-state index in [1.165, 1.54) is 0 Å². The Bertz CT molecular complexity index is 548. The van der Waals surface area contributed by atoms with Gasteiger partial charge in [0.05, 0.1) is 23.9 Å². The minimum absolute atomic E-state index is 0.596. The third kappa shape index (κ3) is 3.02. The number of rotatable bonds is 3. The number of hydrogen-bond acceptors (Lipinski definition) is 4. The fraction of sp³-hybridized carbons (Fsp3) is 0.0833. The monoisotopic (exact) mass is 288 g/mol. The zero-order valence-corrected chi connectivity index (χ0v) is 10.5. The highest BCUT2D eigenvalue weighted by Crippen LogP contribution is 2.23. The van der Waals surface area contributed by atoms with Crippen molar-refractivity contribution in [3.05, 3.63) is 52.3 Å². The Labute approximate surface area is 107 Å². The van der Waals surface area contributed by atoms with Gasteiger partial charge in [-0.2, -0.15) is 15.5 Å². The van der Waals surface area contributed by atoms with Crippen molar-refractivity contribution in [1.29, 1.82) is 5.26 Å². The molecule has 0 amide bonds. The van der Waals surface area contributed by atoms with E-state index in [1.54, 1.807) is 18.3 Å². The van der Waals surface area contributed by atoms with E-state index in [0.717, 1.165) is 15.9 Å². The van der Waals surface area contributed by atoms with Crippen LogP contribution in [0.5, 0.6) is 0 Å². The van der Waals surface area contributed by atoms with Crippen LogP contribution in [0.3, 0.4) is 0 Å². The first-order valence-electron chi connectivity index (χ1n) is 4.99. The molecule has 1 N–H and O–H groups in total. The molecule has 0 aliphatic rings. The summed E-state index contributed by atoms with van der Waals surface area (Å²) in [6.45, 7) is 0.596. The van der Waals surface area contributed by atoms with Gasteiger partial charge in [-0.25, -0.2) is 0 Å². The second-order valence-corrected chi connectivity index (χ2v) is 4.23. The maximum Gasteiger partial charge on any atom is 0.0992 e. The first-order chi connectivity index (χ1) is 8.29. The first kappa shape index (κ1) is 11.6. The molecule has 0 saturated carbocycles.